The molecule has 114 valence electrons. The quantitative estimate of drug-likeness (QED) is 0.753. The Balaban J connectivity index is 2.08. The standard InChI is InChI=1S/C16H23N3O2/c1-11(10-20)17-9-15(21)14-6-7-16(18-8-14)19-12(2)4-5-13(19)3/h4-8,11,15,17,20-21H,9-10H2,1-3H3/t11-,15-/m0/s1. The molecule has 2 heterocycles. The Labute approximate surface area is 125 Å². The molecule has 21 heavy (non-hydrogen) atoms. The highest BCUT2D eigenvalue weighted by atomic mass is 16.3. The lowest BCUT2D eigenvalue weighted by atomic mass is 10.1. The van der Waals surface area contributed by atoms with Crippen molar-refractivity contribution in [1.29, 1.82) is 0 Å². The van der Waals surface area contributed by atoms with E-state index in [0.29, 0.717) is 6.54 Å². The summed E-state index contributed by atoms with van der Waals surface area (Å²) in [5.41, 5.74) is 3.03. The van der Waals surface area contributed by atoms with Gasteiger partial charge in [0.05, 0.1) is 12.7 Å². The van der Waals surface area contributed by atoms with Gasteiger partial charge in [0, 0.05) is 35.7 Å². The van der Waals surface area contributed by atoms with Crippen LogP contribution in [0.3, 0.4) is 0 Å². The normalized spacial score (nSPS) is 14.1. The van der Waals surface area contributed by atoms with Gasteiger partial charge in [0.2, 0.25) is 0 Å². The fraction of sp³-hybridized carbons (Fsp3) is 0.438. The second-order valence-electron chi connectivity index (χ2n) is 5.41. The molecule has 0 aliphatic rings. The molecule has 2 rings (SSSR count). The SMILES string of the molecule is Cc1ccc(C)n1-c1ccc([C@@H](O)CN[C@@H](C)CO)cn1. The van der Waals surface area contributed by atoms with Crippen molar-refractivity contribution in [2.45, 2.75) is 32.9 Å². The third-order valence-electron chi connectivity index (χ3n) is 3.59. The molecule has 0 bridgehead atoms. The Morgan fingerprint density at radius 1 is 1.19 bits per heavy atom. The van der Waals surface area contributed by atoms with Crippen LogP contribution in [0.1, 0.15) is 30.0 Å². The summed E-state index contributed by atoms with van der Waals surface area (Å²) in [6.45, 7) is 6.39. The number of nitrogens with one attached hydrogen (secondary N) is 1. The third kappa shape index (κ3) is 3.69. The van der Waals surface area contributed by atoms with Gasteiger partial charge >= 0.3 is 0 Å². The fourth-order valence-corrected chi connectivity index (χ4v) is 2.25. The van der Waals surface area contributed by atoms with Gasteiger partial charge in [-0.3, -0.25) is 0 Å². The minimum absolute atomic E-state index is 0.0305. The lowest BCUT2D eigenvalue weighted by molar-refractivity contribution is 0.161. The summed E-state index contributed by atoms with van der Waals surface area (Å²) in [6.07, 6.45) is 1.07. The maximum atomic E-state index is 10.1. The van der Waals surface area contributed by atoms with Crippen LogP contribution in [0.15, 0.2) is 30.5 Å². The van der Waals surface area contributed by atoms with Crippen molar-refractivity contribution in [2.75, 3.05) is 13.2 Å². The molecule has 0 aliphatic heterocycles. The van der Waals surface area contributed by atoms with Crippen LogP contribution in [0.5, 0.6) is 0 Å². The smallest absolute Gasteiger partial charge is 0.136 e. The van der Waals surface area contributed by atoms with E-state index in [2.05, 4.69) is 27.0 Å². The van der Waals surface area contributed by atoms with Gasteiger partial charge in [-0.15, -0.1) is 0 Å². The largest absolute Gasteiger partial charge is 0.395 e. The van der Waals surface area contributed by atoms with E-state index in [1.807, 2.05) is 32.9 Å². The highest BCUT2D eigenvalue weighted by Gasteiger charge is 2.11. The summed E-state index contributed by atoms with van der Waals surface area (Å²) < 4.78 is 2.07. The second kappa shape index (κ2) is 6.85. The number of hydrogen-bond donors (Lipinski definition) is 3. The maximum absolute atomic E-state index is 10.1. The van der Waals surface area contributed by atoms with Gasteiger partial charge in [-0.25, -0.2) is 4.98 Å². The Morgan fingerprint density at radius 2 is 1.86 bits per heavy atom. The first-order valence-electron chi connectivity index (χ1n) is 7.16. The first-order chi connectivity index (χ1) is 10.0. The molecule has 0 radical (unpaired) electrons. The molecule has 5 nitrogen and oxygen atoms in total. The first-order valence-corrected chi connectivity index (χ1v) is 7.16. The van der Waals surface area contributed by atoms with Crippen LogP contribution in [0, 0.1) is 13.8 Å². The van der Waals surface area contributed by atoms with Crippen LogP contribution >= 0.6 is 0 Å². The van der Waals surface area contributed by atoms with E-state index in [1.54, 1.807) is 6.20 Å². The van der Waals surface area contributed by atoms with Crippen molar-refractivity contribution in [2.24, 2.45) is 0 Å². The zero-order chi connectivity index (χ0) is 15.4. The van der Waals surface area contributed by atoms with Gasteiger partial charge in [-0.05, 0) is 39.0 Å². The molecule has 0 amide bonds. The van der Waals surface area contributed by atoms with Crippen LogP contribution in [-0.2, 0) is 0 Å². The van der Waals surface area contributed by atoms with Crippen LogP contribution in [0.2, 0.25) is 0 Å². The number of rotatable bonds is 6. The minimum Gasteiger partial charge on any atom is -0.395 e. The molecule has 0 aromatic carbocycles. The molecule has 2 aromatic heterocycles. The number of aliphatic hydroxyl groups excluding tert-OH is 2. The molecule has 3 N–H and O–H groups in total. The molecule has 0 saturated heterocycles. The molecule has 2 atom stereocenters. The fourth-order valence-electron chi connectivity index (χ4n) is 2.25. The van der Waals surface area contributed by atoms with Crippen molar-refractivity contribution >= 4 is 0 Å². The van der Waals surface area contributed by atoms with Gasteiger partial charge in [0.1, 0.15) is 5.82 Å². The Kier molecular flexibility index (Phi) is 5.12. The van der Waals surface area contributed by atoms with Crippen LogP contribution in [0.25, 0.3) is 5.82 Å². The average molecular weight is 289 g/mol. The van der Waals surface area contributed by atoms with Crippen molar-refractivity contribution < 1.29 is 10.2 Å². The van der Waals surface area contributed by atoms with Crippen LogP contribution < -0.4 is 5.32 Å². The van der Waals surface area contributed by atoms with Gasteiger partial charge in [0.25, 0.3) is 0 Å². The van der Waals surface area contributed by atoms with E-state index in [-0.39, 0.29) is 12.6 Å². The second-order valence-corrected chi connectivity index (χ2v) is 5.41. The van der Waals surface area contributed by atoms with Crippen molar-refractivity contribution in [3.05, 3.63) is 47.4 Å². The number of aromatic nitrogens is 2. The average Bonchev–Trinajstić information content (AvgIpc) is 2.83. The number of nitrogens with zero attached hydrogens (tertiary/aromatic N) is 2. The van der Waals surface area contributed by atoms with Crippen LogP contribution in [-0.4, -0.2) is 39.0 Å². The number of pyridine rings is 1. The number of aliphatic hydroxyl groups is 2. The predicted molar refractivity (Wildman–Crippen MR) is 82.5 cm³/mol. The third-order valence-corrected chi connectivity index (χ3v) is 3.59. The van der Waals surface area contributed by atoms with Gasteiger partial charge in [-0.2, -0.15) is 0 Å². The van der Waals surface area contributed by atoms with E-state index in [9.17, 15) is 5.11 Å². The summed E-state index contributed by atoms with van der Waals surface area (Å²) in [5, 5.41) is 22.1. The van der Waals surface area contributed by atoms with Crippen molar-refractivity contribution in [1.82, 2.24) is 14.9 Å². The molecule has 2 aromatic rings. The van der Waals surface area contributed by atoms with E-state index in [1.165, 1.54) is 0 Å². The monoisotopic (exact) mass is 289 g/mol. The molecule has 0 unspecified atom stereocenters. The van der Waals surface area contributed by atoms with Crippen LogP contribution in [0.4, 0.5) is 0 Å². The minimum atomic E-state index is -0.632. The highest BCUT2D eigenvalue weighted by molar-refractivity contribution is 5.33. The summed E-state index contributed by atoms with van der Waals surface area (Å²) >= 11 is 0. The van der Waals surface area contributed by atoms with Crippen molar-refractivity contribution in [3.8, 4) is 5.82 Å². The van der Waals surface area contributed by atoms with E-state index in [0.717, 1.165) is 22.8 Å². The number of hydrogen-bond acceptors (Lipinski definition) is 4. The molecule has 5 heteroatoms. The molecular weight excluding hydrogens is 266 g/mol. The van der Waals surface area contributed by atoms with E-state index < -0.39 is 6.10 Å². The molecule has 0 aliphatic carbocycles. The zero-order valence-corrected chi connectivity index (χ0v) is 12.7. The Morgan fingerprint density at radius 3 is 2.38 bits per heavy atom. The topological polar surface area (TPSA) is 70.3 Å². The first kappa shape index (κ1) is 15.7. The van der Waals surface area contributed by atoms with E-state index >= 15 is 0 Å². The van der Waals surface area contributed by atoms with Gasteiger partial charge in [-0.1, -0.05) is 6.07 Å². The lowest BCUT2D eigenvalue weighted by Gasteiger charge is -2.16. The lowest BCUT2D eigenvalue weighted by Crippen LogP contribution is -2.32. The summed E-state index contributed by atoms with van der Waals surface area (Å²) in [4.78, 5) is 4.44. The molecule has 0 saturated carbocycles. The van der Waals surface area contributed by atoms with E-state index in [4.69, 9.17) is 5.11 Å². The maximum Gasteiger partial charge on any atom is 0.136 e. The predicted octanol–water partition coefficient (Wildman–Crippen LogP) is 1.49. The summed E-state index contributed by atoms with van der Waals surface area (Å²) in [7, 11) is 0. The molecular formula is C16H23N3O2. The number of aryl methyl sites for hydroxylation is 2. The summed E-state index contributed by atoms with van der Waals surface area (Å²) in [5.74, 6) is 0.850. The van der Waals surface area contributed by atoms with Crippen molar-refractivity contribution in [3.63, 3.8) is 0 Å². The summed E-state index contributed by atoms with van der Waals surface area (Å²) in [6, 6.07) is 7.88. The van der Waals surface area contributed by atoms with Gasteiger partial charge < -0.3 is 20.1 Å². The molecule has 0 fully saturated rings. The van der Waals surface area contributed by atoms with Gasteiger partial charge in [0.15, 0.2) is 0 Å². The Bertz CT molecular complexity index is 558. The Hall–Kier alpha value is -1.69. The highest BCUT2D eigenvalue weighted by Crippen LogP contribution is 2.17. The zero-order valence-electron chi connectivity index (χ0n) is 12.7. The molecule has 0 spiro atoms.